The first-order valence-corrected chi connectivity index (χ1v) is 9.31. The number of hydrogen-bond acceptors (Lipinski definition) is 2. The molecule has 30 heavy (non-hydrogen) atoms. The van der Waals surface area contributed by atoms with Crippen molar-refractivity contribution in [2.24, 2.45) is 0 Å². The van der Waals surface area contributed by atoms with Crippen molar-refractivity contribution in [2.45, 2.75) is 19.6 Å². The van der Waals surface area contributed by atoms with E-state index < -0.39 is 11.7 Å². The summed E-state index contributed by atoms with van der Waals surface area (Å²) in [6.07, 6.45) is -2.80. The van der Waals surface area contributed by atoms with Crippen molar-refractivity contribution >= 4 is 16.8 Å². The van der Waals surface area contributed by atoms with Crippen LogP contribution in [0, 0.1) is 6.92 Å². The SMILES string of the molecule is Cc1ccc(-n2ncc3c(C(=O)NCc4cccc(C(F)(F)F)c4)cccc32)cc1. The molecule has 152 valence electrons. The van der Waals surface area contributed by atoms with Gasteiger partial charge in [0, 0.05) is 11.9 Å². The normalized spacial score (nSPS) is 11.6. The molecule has 0 aliphatic heterocycles. The molecule has 4 aromatic rings. The molecule has 0 spiro atoms. The van der Waals surface area contributed by atoms with Crippen LogP contribution in [-0.4, -0.2) is 15.7 Å². The summed E-state index contributed by atoms with van der Waals surface area (Å²) < 4.78 is 40.4. The van der Waals surface area contributed by atoms with E-state index in [4.69, 9.17) is 0 Å². The molecule has 1 amide bonds. The first-order valence-electron chi connectivity index (χ1n) is 9.31. The third-order valence-electron chi connectivity index (χ3n) is 4.84. The lowest BCUT2D eigenvalue weighted by atomic mass is 10.1. The molecule has 4 rings (SSSR count). The summed E-state index contributed by atoms with van der Waals surface area (Å²) in [6.45, 7) is 1.99. The number of fused-ring (bicyclic) bond motifs is 1. The fourth-order valence-corrected chi connectivity index (χ4v) is 3.28. The van der Waals surface area contributed by atoms with Crippen LogP contribution in [0.5, 0.6) is 0 Å². The van der Waals surface area contributed by atoms with Crippen LogP contribution < -0.4 is 5.32 Å². The average molecular weight is 409 g/mol. The summed E-state index contributed by atoms with van der Waals surface area (Å²) in [5, 5.41) is 7.77. The molecular formula is C23H18F3N3O. The van der Waals surface area contributed by atoms with Crippen molar-refractivity contribution in [3.8, 4) is 5.69 Å². The topological polar surface area (TPSA) is 46.9 Å². The number of aryl methyl sites for hydroxylation is 1. The van der Waals surface area contributed by atoms with Gasteiger partial charge in [0.05, 0.1) is 28.5 Å². The summed E-state index contributed by atoms with van der Waals surface area (Å²) in [5.74, 6) is -0.374. The predicted molar refractivity (Wildman–Crippen MR) is 108 cm³/mol. The first-order chi connectivity index (χ1) is 14.3. The van der Waals surface area contributed by atoms with E-state index >= 15 is 0 Å². The molecule has 3 aromatic carbocycles. The minimum absolute atomic E-state index is 0.00869. The number of aromatic nitrogens is 2. The number of rotatable bonds is 4. The van der Waals surface area contributed by atoms with Gasteiger partial charge in [-0.2, -0.15) is 18.3 Å². The third-order valence-corrected chi connectivity index (χ3v) is 4.84. The Morgan fingerprint density at radius 2 is 1.77 bits per heavy atom. The van der Waals surface area contributed by atoms with Crippen LogP contribution in [0.1, 0.15) is 27.0 Å². The standard InChI is InChI=1S/C23H18F3N3O/c1-15-8-10-18(11-9-15)29-21-7-3-6-19(20(21)14-28-29)22(30)27-13-16-4-2-5-17(12-16)23(24,25)26/h2-12,14H,13H2,1H3,(H,27,30). The van der Waals surface area contributed by atoms with Gasteiger partial charge in [-0.1, -0.05) is 35.9 Å². The van der Waals surface area contributed by atoms with Gasteiger partial charge in [-0.25, -0.2) is 4.68 Å². The number of nitrogens with zero attached hydrogens (tertiary/aromatic N) is 2. The Bertz CT molecular complexity index is 1210. The number of nitrogens with one attached hydrogen (secondary N) is 1. The van der Waals surface area contributed by atoms with Gasteiger partial charge in [-0.3, -0.25) is 4.79 Å². The zero-order valence-corrected chi connectivity index (χ0v) is 16.1. The Morgan fingerprint density at radius 3 is 2.50 bits per heavy atom. The molecule has 1 heterocycles. The largest absolute Gasteiger partial charge is 0.416 e. The second-order valence-electron chi connectivity index (χ2n) is 7.01. The molecule has 0 saturated heterocycles. The van der Waals surface area contributed by atoms with Gasteiger partial charge in [0.1, 0.15) is 0 Å². The Balaban J connectivity index is 1.58. The van der Waals surface area contributed by atoms with Gasteiger partial charge in [0.25, 0.3) is 5.91 Å². The number of amides is 1. The summed E-state index contributed by atoms with van der Waals surface area (Å²) >= 11 is 0. The lowest BCUT2D eigenvalue weighted by molar-refractivity contribution is -0.137. The van der Waals surface area contributed by atoms with Crippen LogP contribution in [0.3, 0.4) is 0 Å². The minimum Gasteiger partial charge on any atom is -0.348 e. The highest BCUT2D eigenvalue weighted by Crippen LogP contribution is 2.29. The van der Waals surface area contributed by atoms with Crippen molar-refractivity contribution in [3.63, 3.8) is 0 Å². The Hall–Kier alpha value is -3.61. The van der Waals surface area contributed by atoms with Gasteiger partial charge in [-0.15, -0.1) is 0 Å². The maximum absolute atomic E-state index is 12.9. The lowest BCUT2D eigenvalue weighted by Gasteiger charge is -2.10. The summed E-state index contributed by atoms with van der Waals surface area (Å²) in [4.78, 5) is 12.7. The average Bonchev–Trinajstić information content (AvgIpc) is 3.16. The van der Waals surface area contributed by atoms with Gasteiger partial charge < -0.3 is 5.32 Å². The van der Waals surface area contributed by atoms with E-state index in [2.05, 4.69) is 10.4 Å². The molecule has 0 atom stereocenters. The third kappa shape index (κ3) is 3.91. The zero-order chi connectivity index (χ0) is 21.3. The molecule has 7 heteroatoms. The summed E-state index contributed by atoms with van der Waals surface area (Å²) in [5.41, 5.74) is 2.82. The van der Waals surface area contributed by atoms with Crippen molar-refractivity contribution in [3.05, 3.63) is 95.2 Å². The van der Waals surface area contributed by atoms with E-state index in [1.807, 2.05) is 37.3 Å². The highest BCUT2D eigenvalue weighted by molar-refractivity contribution is 6.06. The van der Waals surface area contributed by atoms with Crippen molar-refractivity contribution in [1.29, 1.82) is 0 Å². The Morgan fingerprint density at radius 1 is 1.03 bits per heavy atom. The smallest absolute Gasteiger partial charge is 0.348 e. The molecule has 0 bridgehead atoms. The molecule has 0 aliphatic rings. The zero-order valence-electron chi connectivity index (χ0n) is 16.1. The highest BCUT2D eigenvalue weighted by Gasteiger charge is 2.30. The quantitative estimate of drug-likeness (QED) is 0.498. The van der Waals surface area contributed by atoms with Crippen molar-refractivity contribution in [1.82, 2.24) is 15.1 Å². The lowest BCUT2D eigenvalue weighted by Crippen LogP contribution is -2.23. The number of carbonyl (C=O) groups excluding carboxylic acids is 1. The number of carbonyl (C=O) groups is 1. The number of benzene rings is 3. The van der Waals surface area contributed by atoms with E-state index in [0.717, 1.165) is 28.9 Å². The van der Waals surface area contributed by atoms with E-state index in [9.17, 15) is 18.0 Å². The Labute approximate surface area is 171 Å². The molecule has 0 fully saturated rings. The van der Waals surface area contributed by atoms with Crippen LogP contribution in [0.15, 0.2) is 72.9 Å². The molecular weight excluding hydrogens is 391 g/mol. The van der Waals surface area contributed by atoms with E-state index in [1.165, 1.54) is 6.07 Å². The molecule has 1 N–H and O–H groups in total. The van der Waals surface area contributed by atoms with Crippen LogP contribution >= 0.6 is 0 Å². The van der Waals surface area contributed by atoms with Crippen LogP contribution in [-0.2, 0) is 12.7 Å². The molecule has 0 aliphatic carbocycles. The summed E-state index contributed by atoms with van der Waals surface area (Å²) in [7, 11) is 0. The number of hydrogen-bond donors (Lipinski definition) is 1. The maximum Gasteiger partial charge on any atom is 0.416 e. The molecule has 0 radical (unpaired) electrons. The summed E-state index contributed by atoms with van der Waals surface area (Å²) in [6, 6.07) is 18.1. The number of alkyl halides is 3. The van der Waals surface area contributed by atoms with Crippen molar-refractivity contribution < 1.29 is 18.0 Å². The predicted octanol–water partition coefficient (Wildman–Crippen LogP) is 5.28. The Kier molecular flexibility index (Phi) is 5.03. The fourth-order valence-electron chi connectivity index (χ4n) is 3.28. The minimum atomic E-state index is -4.42. The van der Waals surface area contributed by atoms with Gasteiger partial charge in [-0.05, 0) is 48.9 Å². The number of halogens is 3. The second-order valence-corrected chi connectivity index (χ2v) is 7.01. The monoisotopic (exact) mass is 409 g/mol. The molecule has 1 aromatic heterocycles. The van der Waals surface area contributed by atoms with Crippen LogP contribution in [0.25, 0.3) is 16.6 Å². The van der Waals surface area contributed by atoms with Crippen LogP contribution in [0.4, 0.5) is 13.2 Å². The second kappa shape index (κ2) is 7.67. The van der Waals surface area contributed by atoms with Gasteiger partial charge in [0.2, 0.25) is 0 Å². The van der Waals surface area contributed by atoms with Gasteiger partial charge >= 0.3 is 6.18 Å². The van der Waals surface area contributed by atoms with E-state index in [0.29, 0.717) is 16.5 Å². The van der Waals surface area contributed by atoms with Gasteiger partial charge in [0.15, 0.2) is 0 Å². The molecule has 0 unspecified atom stereocenters. The fraction of sp³-hybridized carbons (Fsp3) is 0.130. The first kappa shape index (κ1) is 19.7. The molecule has 4 nitrogen and oxygen atoms in total. The van der Waals surface area contributed by atoms with E-state index in [1.54, 1.807) is 29.1 Å². The van der Waals surface area contributed by atoms with E-state index in [-0.39, 0.29) is 12.5 Å². The molecule has 0 saturated carbocycles. The van der Waals surface area contributed by atoms with Crippen molar-refractivity contribution in [2.75, 3.05) is 0 Å². The maximum atomic E-state index is 12.9. The van der Waals surface area contributed by atoms with Crippen LogP contribution in [0.2, 0.25) is 0 Å². The highest BCUT2D eigenvalue weighted by atomic mass is 19.4.